The van der Waals surface area contributed by atoms with Crippen LogP contribution in [0.1, 0.15) is 34.5 Å². The molecule has 0 atom stereocenters. The van der Waals surface area contributed by atoms with E-state index in [0.717, 1.165) is 5.56 Å². The van der Waals surface area contributed by atoms with Crippen molar-refractivity contribution in [2.45, 2.75) is 13.8 Å². The largest absolute Gasteiger partial charge is 0.461 e. The molecule has 0 bridgehead atoms. The molecule has 2 aromatic rings. The number of imidazole rings is 1. The normalized spacial score (nSPS) is 9.86. The van der Waals surface area contributed by atoms with Gasteiger partial charge in [-0.3, -0.25) is 0 Å². The van der Waals surface area contributed by atoms with Gasteiger partial charge in [-0.1, -0.05) is 5.92 Å². The third-order valence-electron chi connectivity index (χ3n) is 2.97. The average molecular weight is 283 g/mol. The Kier molecular flexibility index (Phi) is 4.29. The highest BCUT2D eigenvalue weighted by Gasteiger charge is 2.18. The molecule has 5 nitrogen and oxygen atoms in total. The van der Waals surface area contributed by atoms with Gasteiger partial charge in [0.05, 0.1) is 12.3 Å². The Morgan fingerprint density at radius 3 is 2.62 bits per heavy atom. The molecule has 0 aliphatic rings. The molecule has 21 heavy (non-hydrogen) atoms. The summed E-state index contributed by atoms with van der Waals surface area (Å²) in [5, 5.41) is 0. The van der Waals surface area contributed by atoms with Gasteiger partial charge < -0.3 is 15.0 Å². The maximum absolute atomic E-state index is 11.9. The van der Waals surface area contributed by atoms with Crippen molar-refractivity contribution in [2.24, 2.45) is 7.05 Å². The second-order valence-electron chi connectivity index (χ2n) is 4.52. The molecule has 0 aliphatic carbocycles. The van der Waals surface area contributed by atoms with E-state index in [1.54, 1.807) is 37.6 Å². The molecule has 0 aliphatic heterocycles. The van der Waals surface area contributed by atoms with Gasteiger partial charge in [0.1, 0.15) is 0 Å². The molecule has 1 heterocycles. The molecule has 0 saturated carbocycles. The smallest absolute Gasteiger partial charge is 0.356 e. The predicted octanol–water partition coefficient (Wildman–Crippen LogP) is 1.89. The summed E-state index contributed by atoms with van der Waals surface area (Å²) in [5.41, 5.74) is 8.19. The Bertz CT molecular complexity index is 718. The first-order chi connectivity index (χ1) is 10.0. The fourth-order valence-corrected chi connectivity index (χ4v) is 1.93. The van der Waals surface area contributed by atoms with Crippen molar-refractivity contribution in [3.05, 3.63) is 47.0 Å². The summed E-state index contributed by atoms with van der Waals surface area (Å²) in [5.74, 6) is 6.10. The third kappa shape index (κ3) is 3.23. The van der Waals surface area contributed by atoms with Gasteiger partial charge in [-0.05, 0) is 44.0 Å². The molecule has 0 amide bonds. The maximum atomic E-state index is 11.9. The van der Waals surface area contributed by atoms with E-state index in [9.17, 15) is 4.79 Å². The van der Waals surface area contributed by atoms with E-state index in [1.165, 1.54) is 0 Å². The highest BCUT2D eigenvalue weighted by atomic mass is 16.5. The second kappa shape index (κ2) is 6.14. The van der Waals surface area contributed by atoms with Gasteiger partial charge in [0.15, 0.2) is 11.5 Å². The number of carbonyl (C=O) groups excluding carboxylic acids is 1. The van der Waals surface area contributed by atoms with Gasteiger partial charge in [0, 0.05) is 18.3 Å². The molecular formula is C16H17N3O2. The number of carbonyl (C=O) groups is 1. The summed E-state index contributed by atoms with van der Waals surface area (Å²) in [6.07, 6.45) is 0. The average Bonchev–Trinajstić information content (AvgIpc) is 2.73. The van der Waals surface area contributed by atoms with Crippen LogP contribution in [0.15, 0.2) is 24.3 Å². The molecule has 0 radical (unpaired) electrons. The molecule has 2 rings (SSSR count). The van der Waals surface area contributed by atoms with Crippen LogP contribution in [-0.4, -0.2) is 22.1 Å². The van der Waals surface area contributed by atoms with Crippen LogP contribution in [-0.2, 0) is 11.8 Å². The first kappa shape index (κ1) is 14.7. The number of esters is 1. The van der Waals surface area contributed by atoms with E-state index >= 15 is 0 Å². The lowest BCUT2D eigenvalue weighted by Gasteiger charge is -2.03. The van der Waals surface area contributed by atoms with Crippen LogP contribution in [0.25, 0.3) is 0 Å². The number of aryl methyl sites for hydroxylation is 1. The number of nitrogen functional groups attached to an aromatic ring is 1. The van der Waals surface area contributed by atoms with Crippen LogP contribution < -0.4 is 5.73 Å². The van der Waals surface area contributed by atoms with Crippen molar-refractivity contribution in [2.75, 3.05) is 12.3 Å². The maximum Gasteiger partial charge on any atom is 0.356 e. The molecule has 5 heteroatoms. The van der Waals surface area contributed by atoms with E-state index < -0.39 is 0 Å². The topological polar surface area (TPSA) is 70.1 Å². The Morgan fingerprint density at radius 1 is 1.33 bits per heavy atom. The lowest BCUT2D eigenvalue weighted by Crippen LogP contribution is -2.11. The number of nitrogens with zero attached hydrogens (tertiary/aromatic N) is 2. The molecule has 0 saturated heterocycles. The Morgan fingerprint density at radius 2 is 2.00 bits per heavy atom. The molecule has 0 unspecified atom stereocenters. The number of ether oxygens (including phenoxy) is 1. The Balaban J connectivity index is 2.32. The Labute approximate surface area is 123 Å². The number of aromatic nitrogens is 2. The highest BCUT2D eigenvalue weighted by molar-refractivity contribution is 5.89. The van der Waals surface area contributed by atoms with Crippen molar-refractivity contribution in [3.63, 3.8) is 0 Å². The van der Waals surface area contributed by atoms with Crippen molar-refractivity contribution in [1.29, 1.82) is 0 Å². The summed E-state index contributed by atoms with van der Waals surface area (Å²) in [7, 11) is 1.75. The van der Waals surface area contributed by atoms with E-state index in [0.29, 0.717) is 29.5 Å². The molecule has 0 spiro atoms. The fraction of sp³-hybridized carbons (Fsp3) is 0.250. The zero-order valence-electron chi connectivity index (χ0n) is 12.3. The van der Waals surface area contributed by atoms with E-state index in [2.05, 4.69) is 16.8 Å². The van der Waals surface area contributed by atoms with E-state index in [1.807, 2.05) is 12.1 Å². The number of benzene rings is 1. The second-order valence-corrected chi connectivity index (χ2v) is 4.52. The molecule has 1 aromatic carbocycles. The van der Waals surface area contributed by atoms with Crippen molar-refractivity contribution in [1.82, 2.24) is 9.55 Å². The van der Waals surface area contributed by atoms with Gasteiger partial charge in [-0.15, -0.1) is 0 Å². The molecule has 2 N–H and O–H groups in total. The van der Waals surface area contributed by atoms with Crippen molar-refractivity contribution >= 4 is 11.7 Å². The third-order valence-corrected chi connectivity index (χ3v) is 2.97. The van der Waals surface area contributed by atoms with Crippen molar-refractivity contribution in [3.8, 4) is 11.8 Å². The van der Waals surface area contributed by atoms with Crippen LogP contribution >= 0.6 is 0 Å². The van der Waals surface area contributed by atoms with Crippen molar-refractivity contribution < 1.29 is 9.53 Å². The lowest BCUT2D eigenvalue weighted by molar-refractivity contribution is 0.0514. The molecular weight excluding hydrogens is 266 g/mol. The number of hydrogen-bond donors (Lipinski definition) is 1. The first-order valence-electron chi connectivity index (χ1n) is 6.61. The minimum absolute atomic E-state index is 0.329. The zero-order valence-corrected chi connectivity index (χ0v) is 12.3. The number of nitrogens with two attached hydrogens (primary N) is 1. The summed E-state index contributed by atoms with van der Waals surface area (Å²) < 4.78 is 6.67. The van der Waals surface area contributed by atoms with E-state index in [4.69, 9.17) is 10.5 Å². The number of hydrogen-bond acceptors (Lipinski definition) is 4. The standard InChI is InChI=1S/C16H17N3O2/c1-4-21-16(20)15-11(2)18-14(19(15)3)10-7-12-5-8-13(17)9-6-12/h5-6,8-9H,4,17H2,1-3H3. The van der Waals surface area contributed by atoms with Crippen LogP contribution in [0.2, 0.25) is 0 Å². The van der Waals surface area contributed by atoms with Crippen LogP contribution in [0.4, 0.5) is 5.69 Å². The zero-order chi connectivity index (χ0) is 15.4. The molecule has 0 fully saturated rings. The van der Waals surface area contributed by atoms with Gasteiger partial charge in [0.25, 0.3) is 0 Å². The summed E-state index contributed by atoms with van der Waals surface area (Å²) >= 11 is 0. The molecule has 108 valence electrons. The quantitative estimate of drug-likeness (QED) is 0.519. The predicted molar refractivity (Wildman–Crippen MR) is 80.7 cm³/mol. The monoisotopic (exact) mass is 283 g/mol. The number of anilines is 1. The summed E-state index contributed by atoms with van der Waals surface area (Å²) in [6, 6.07) is 7.25. The van der Waals surface area contributed by atoms with Crippen LogP contribution in [0.5, 0.6) is 0 Å². The minimum Gasteiger partial charge on any atom is -0.461 e. The number of rotatable bonds is 2. The van der Waals surface area contributed by atoms with E-state index in [-0.39, 0.29) is 5.97 Å². The molecule has 1 aromatic heterocycles. The van der Waals surface area contributed by atoms with Crippen LogP contribution in [0.3, 0.4) is 0 Å². The SMILES string of the molecule is CCOC(=O)c1c(C)nc(C#Cc2ccc(N)cc2)n1C. The first-order valence-corrected chi connectivity index (χ1v) is 6.61. The van der Waals surface area contributed by atoms with Crippen LogP contribution in [0, 0.1) is 18.8 Å². The summed E-state index contributed by atoms with van der Waals surface area (Å²) in [6.45, 7) is 3.86. The lowest BCUT2D eigenvalue weighted by atomic mass is 10.2. The summed E-state index contributed by atoms with van der Waals surface area (Å²) in [4.78, 5) is 16.2. The Hall–Kier alpha value is -2.74. The van der Waals surface area contributed by atoms with Gasteiger partial charge in [-0.25, -0.2) is 9.78 Å². The van der Waals surface area contributed by atoms with Gasteiger partial charge in [0.2, 0.25) is 0 Å². The van der Waals surface area contributed by atoms with Gasteiger partial charge in [-0.2, -0.15) is 0 Å². The van der Waals surface area contributed by atoms with Gasteiger partial charge >= 0.3 is 5.97 Å². The minimum atomic E-state index is -0.384. The highest BCUT2D eigenvalue weighted by Crippen LogP contribution is 2.11. The fourth-order valence-electron chi connectivity index (χ4n) is 1.93.